The molecule has 1 aromatic heterocycles. The van der Waals surface area contributed by atoms with Gasteiger partial charge >= 0.3 is 0 Å². The quantitative estimate of drug-likeness (QED) is 0.312. The number of hydrogen-bond donors (Lipinski definition) is 2. The maximum atomic E-state index is 12.4. The SMILES string of the molecule is CCn1c(CNC(=O)c2ccc(OC)cc2)nnc1SCC(=O)Nc1ccc(I)cc1. The van der Waals surface area contributed by atoms with Crippen LogP contribution in [0.4, 0.5) is 5.69 Å². The number of thioether (sulfide) groups is 1. The lowest BCUT2D eigenvalue weighted by Crippen LogP contribution is -2.24. The first-order chi connectivity index (χ1) is 15.0. The average Bonchev–Trinajstić information content (AvgIpc) is 3.19. The molecule has 0 atom stereocenters. The Kier molecular flexibility index (Phi) is 8.29. The summed E-state index contributed by atoms with van der Waals surface area (Å²) < 4.78 is 8.09. The molecule has 3 rings (SSSR count). The van der Waals surface area contributed by atoms with Crippen LogP contribution in [0.3, 0.4) is 0 Å². The molecule has 1 heterocycles. The molecule has 0 saturated carbocycles. The second kappa shape index (κ2) is 11.1. The molecule has 8 nitrogen and oxygen atoms in total. The number of ether oxygens (including phenoxy) is 1. The van der Waals surface area contributed by atoms with E-state index in [1.54, 1.807) is 31.4 Å². The van der Waals surface area contributed by atoms with Crippen LogP contribution in [0.1, 0.15) is 23.1 Å². The maximum absolute atomic E-state index is 12.4. The van der Waals surface area contributed by atoms with E-state index in [2.05, 4.69) is 43.4 Å². The molecule has 0 saturated heterocycles. The van der Waals surface area contributed by atoms with Gasteiger partial charge in [0.1, 0.15) is 5.75 Å². The molecular weight excluding hydrogens is 529 g/mol. The third-order valence-electron chi connectivity index (χ3n) is 4.33. The monoisotopic (exact) mass is 551 g/mol. The van der Waals surface area contributed by atoms with Crippen molar-refractivity contribution < 1.29 is 14.3 Å². The Bertz CT molecular complexity index is 1040. The number of aromatic nitrogens is 3. The maximum Gasteiger partial charge on any atom is 0.251 e. The summed E-state index contributed by atoms with van der Waals surface area (Å²) in [6.07, 6.45) is 0. The van der Waals surface area contributed by atoms with E-state index >= 15 is 0 Å². The van der Waals surface area contributed by atoms with E-state index in [0.717, 1.165) is 9.26 Å². The average molecular weight is 551 g/mol. The Labute approximate surface area is 198 Å². The molecule has 0 spiro atoms. The zero-order chi connectivity index (χ0) is 22.2. The lowest BCUT2D eigenvalue weighted by Gasteiger charge is -2.09. The molecule has 0 aliphatic heterocycles. The molecule has 0 bridgehead atoms. The van der Waals surface area contributed by atoms with Gasteiger partial charge in [0.05, 0.1) is 19.4 Å². The van der Waals surface area contributed by atoms with E-state index in [0.29, 0.717) is 28.8 Å². The molecule has 0 unspecified atom stereocenters. The van der Waals surface area contributed by atoms with E-state index < -0.39 is 0 Å². The van der Waals surface area contributed by atoms with Crippen LogP contribution in [-0.2, 0) is 17.9 Å². The van der Waals surface area contributed by atoms with Gasteiger partial charge in [-0.15, -0.1) is 10.2 Å². The summed E-state index contributed by atoms with van der Waals surface area (Å²) >= 11 is 3.52. The predicted octanol–water partition coefficient (Wildman–Crippen LogP) is 3.57. The number of nitrogens with zero attached hydrogens (tertiary/aromatic N) is 3. The number of nitrogens with one attached hydrogen (secondary N) is 2. The zero-order valence-corrected chi connectivity index (χ0v) is 20.1. The molecule has 2 amide bonds. The topological polar surface area (TPSA) is 98.1 Å². The van der Waals surface area contributed by atoms with Crippen molar-refractivity contribution >= 4 is 51.9 Å². The van der Waals surface area contributed by atoms with Gasteiger partial charge in [0.15, 0.2) is 11.0 Å². The number of amides is 2. The van der Waals surface area contributed by atoms with Crippen LogP contribution >= 0.6 is 34.4 Å². The van der Waals surface area contributed by atoms with Crippen molar-refractivity contribution in [2.24, 2.45) is 0 Å². The molecule has 0 radical (unpaired) electrons. The summed E-state index contributed by atoms with van der Waals surface area (Å²) in [6.45, 7) is 2.83. The molecule has 0 aliphatic rings. The Morgan fingerprint density at radius 2 is 1.81 bits per heavy atom. The number of carbonyl (C=O) groups is 2. The van der Waals surface area contributed by atoms with Gasteiger partial charge in [-0.1, -0.05) is 11.8 Å². The number of halogens is 1. The number of hydrogen-bond acceptors (Lipinski definition) is 6. The fraction of sp³-hybridized carbons (Fsp3) is 0.238. The van der Waals surface area contributed by atoms with Crippen molar-refractivity contribution in [3.05, 3.63) is 63.5 Å². The molecule has 0 fully saturated rings. The highest BCUT2D eigenvalue weighted by molar-refractivity contribution is 14.1. The Morgan fingerprint density at radius 3 is 2.45 bits per heavy atom. The van der Waals surface area contributed by atoms with Gasteiger partial charge in [0.25, 0.3) is 5.91 Å². The van der Waals surface area contributed by atoms with E-state index in [9.17, 15) is 9.59 Å². The number of methoxy groups -OCH3 is 1. The first kappa shape index (κ1) is 23.1. The second-order valence-corrected chi connectivity index (χ2v) is 8.59. The van der Waals surface area contributed by atoms with Gasteiger partial charge in [0.2, 0.25) is 5.91 Å². The van der Waals surface area contributed by atoms with E-state index in [-0.39, 0.29) is 24.1 Å². The summed E-state index contributed by atoms with van der Waals surface area (Å²) in [5, 5.41) is 14.7. The van der Waals surface area contributed by atoms with Crippen molar-refractivity contribution in [3.63, 3.8) is 0 Å². The third-order valence-corrected chi connectivity index (χ3v) is 6.02. The molecule has 31 heavy (non-hydrogen) atoms. The molecule has 0 aliphatic carbocycles. The zero-order valence-electron chi connectivity index (χ0n) is 17.1. The van der Waals surface area contributed by atoms with Crippen LogP contribution in [0.15, 0.2) is 53.7 Å². The van der Waals surface area contributed by atoms with Gasteiger partial charge < -0.3 is 19.9 Å². The fourth-order valence-corrected chi connectivity index (χ4v) is 3.92. The van der Waals surface area contributed by atoms with Gasteiger partial charge in [-0.05, 0) is 78.0 Å². The van der Waals surface area contributed by atoms with Crippen molar-refractivity contribution in [1.82, 2.24) is 20.1 Å². The first-order valence-electron chi connectivity index (χ1n) is 9.52. The van der Waals surface area contributed by atoms with Gasteiger partial charge in [0, 0.05) is 21.4 Å². The van der Waals surface area contributed by atoms with Crippen LogP contribution < -0.4 is 15.4 Å². The van der Waals surface area contributed by atoms with E-state index in [1.807, 2.05) is 35.8 Å². The minimum absolute atomic E-state index is 0.119. The smallest absolute Gasteiger partial charge is 0.251 e. The standard InChI is InChI=1S/C21H22IN5O3S/c1-3-27-18(12-23-20(29)14-4-10-17(30-2)11-5-14)25-26-21(27)31-13-19(28)24-16-8-6-15(22)7-9-16/h4-11H,3,12-13H2,1-2H3,(H,23,29)(H,24,28). The van der Waals surface area contributed by atoms with Gasteiger partial charge in [-0.25, -0.2) is 0 Å². The van der Waals surface area contributed by atoms with E-state index in [1.165, 1.54) is 11.8 Å². The van der Waals surface area contributed by atoms with Crippen molar-refractivity contribution in [2.75, 3.05) is 18.2 Å². The van der Waals surface area contributed by atoms with Crippen LogP contribution in [0.2, 0.25) is 0 Å². The fourth-order valence-electron chi connectivity index (χ4n) is 2.74. The van der Waals surface area contributed by atoms with Crippen LogP contribution in [-0.4, -0.2) is 39.4 Å². The highest BCUT2D eigenvalue weighted by Gasteiger charge is 2.14. The molecular formula is C21H22IN5O3S. The second-order valence-electron chi connectivity index (χ2n) is 6.40. The highest BCUT2D eigenvalue weighted by Crippen LogP contribution is 2.18. The highest BCUT2D eigenvalue weighted by atomic mass is 127. The largest absolute Gasteiger partial charge is 0.497 e. The summed E-state index contributed by atoms with van der Waals surface area (Å²) in [5.74, 6) is 1.20. The number of rotatable bonds is 9. The Balaban J connectivity index is 1.55. The van der Waals surface area contributed by atoms with Gasteiger partial charge in [-0.2, -0.15) is 0 Å². The van der Waals surface area contributed by atoms with Crippen molar-refractivity contribution in [2.45, 2.75) is 25.2 Å². The first-order valence-corrected chi connectivity index (χ1v) is 11.6. The third kappa shape index (κ3) is 6.44. The molecule has 162 valence electrons. The van der Waals surface area contributed by atoms with Crippen LogP contribution in [0.25, 0.3) is 0 Å². The number of anilines is 1. The lowest BCUT2D eigenvalue weighted by molar-refractivity contribution is -0.113. The Morgan fingerprint density at radius 1 is 1.10 bits per heavy atom. The lowest BCUT2D eigenvalue weighted by atomic mass is 10.2. The minimum atomic E-state index is -0.209. The van der Waals surface area contributed by atoms with Gasteiger partial charge in [-0.3, -0.25) is 9.59 Å². The summed E-state index contributed by atoms with van der Waals surface area (Å²) in [4.78, 5) is 24.6. The Hall–Kier alpha value is -2.60. The van der Waals surface area contributed by atoms with Crippen molar-refractivity contribution in [3.8, 4) is 5.75 Å². The molecule has 10 heteroatoms. The van der Waals surface area contributed by atoms with Crippen LogP contribution in [0, 0.1) is 3.57 Å². The molecule has 2 N–H and O–H groups in total. The molecule has 2 aromatic carbocycles. The van der Waals surface area contributed by atoms with Crippen molar-refractivity contribution in [1.29, 1.82) is 0 Å². The summed E-state index contributed by atoms with van der Waals surface area (Å²) in [7, 11) is 1.58. The van der Waals surface area contributed by atoms with E-state index in [4.69, 9.17) is 4.74 Å². The summed E-state index contributed by atoms with van der Waals surface area (Å²) in [6, 6.07) is 14.5. The number of benzene rings is 2. The minimum Gasteiger partial charge on any atom is -0.497 e. The predicted molar refractivity (Wildman–Crippen MR) is 128 cm³/mol. The number of carbonyl (C=O) groups excluding carboxylic acids is 2. The normalized spacial score (nSPS) is 10.5. The summed E-state index contributed by atoms with van der Waals surface area (Å²) in [5.41, 5.74) is 1.29. The molecule has 3 aromatic rings. The van der Waals surface area contributed by atoms with Crippen LogP contribution in [0.5, 0.6) is 5.75 Å².